The van der Waals surface area contributed by atoms with Gasteiger partial charge in [-0.3, -0.25) is 4.79 Å². The topological polar surface area (TPSA) is 57.2 Å². The minimum Gasteiger partial charge on any atom is -0.497 e. The zero-order valence-electron chi connectivity index (χ0n) is 20.2. The second-order valence-electron chi connectivity index (χ2n) is 8.05. The van der Waals surface area contributed by atoms with Crippen molar-refractivity contribution in [3.8, 4) is 23.0 Å². The zero-order valence-corrected chi connectivity index (χ0v) is 20.2. The number of carbonyl (C=O) groups excluding carboxylic acids is 1. The standard InChI is InChI=1S/C28H29NO5/c1-18(20-11-13-21(31-2)14-12-20)25-22-15-24(32-3)27(34-5)26(33-4)23(22)17-29(28(25)30)16-19-9-7-6-8-10-19/h6-15H,16-17H2,1-5H3/b25-18+. The van der Waals surface area contributed by atoms with Crippen molar-refractivity contribution in [1.29, 1.82) is 0 Å². The van der Waals surface area contributed by atoms with Crippen molar-refractivity contribution in [2.45, 2.75) is 20.0 Å². The van der Waals surface area contributed by atoms with Crippen LogP contribution in [-0.4, -0.2) is 39.2 Å². The first kappa shape index (κ1) is 23.2. The van der Waals surface area contributed by atoms with Crippen molar-refractivity contribution in [2.24, 2.45) is 0 Å². The monoisotopic (exact) mass is 459 g/mol. The van der Waals surface area contributed by atoms with E-state index in [4.69, 9.17) is 18.9 Å². The molecule has 0 radical (unpaired) electrons. The van der Waals surface area contributed by atoms with Gasteiger partial charge in [0.25, 0.3) is 5.91 Å². The van der Waals surface area contributed by atoms with Gasteiger partial charge >= 0.3 is 0 Å². The summed E-state index contributed by atoms with van der Waals surface area (Å²) in [7, 11) is 6.40. The molecule has 3 aromatic rings. The average Bonchev–Trinajstić information content (AvgIpc) is 2.88. The molecule has 1 aliphatic rings. The Morgan fingerprint density at radius 3 is 2.12 bits per heavy atom. The van der Waals surface area contributed by atoms with E-state index in [0.29, 0.717) is 35.9 Å². The first-order valence-electron chi connectivity index (χ1n) is 11.0. The van der Waals surface area contributed by atoms with Crippen molar-refractivity contribution < 1.29 is 23.7 Å². The fourth-order valence-electron chi connectivity index (χ4n) is 4.41. The molecule has 1 heterocycles. The molecule has 0 fully saturated rings. The molecule has 0 unspecified atom stereocenters. The number of hydrogen-bond acceptors (Lipinski definition) is 5. The van der Waals surface area contributed by atoms with E-state index in [1.807, 2.05) is 72.5 Å². The SMILES string of the molecule is COc1ccc(/C(C)=C2/C(=O)N(Cc3ccccc3)Cc3c2cc(OC)c(OC)c3OC)cc1. The minimum absolute atomic E-state index is 0.0426. The Labute approximate surface area is 200 Å². The molecule has 0 N–H and O–H groups in total. The molecule has 0 saturated heterocycles. The molecule has 6 nitrogen and oxygen atoms in total. The number of benzene rings is 3. The summed E-state index contributed by atoms with van der Waals surface area (Å²) in [6.45, 7) is 2.84. The lowest BCUT2D eigenvalue weighted by Gasteiger charge is -2.33. The summed E-state index contributed by atoms with van der Waals surface area (Å²) < 4.78 is 22.3. The normalized spacial score (nSPS) is 14.4. The van der Waals surface area contributed by atoms with Gasteiger partial charge in [0.2, 0.25) is 5.75 Å². The molecule has 0 atom stereocenters. The molecule has 3 aromatic carbocycles. The van der Waals surface area contributed by atoms with Gasteiger partial charge in [-0.15, -0.1) is 0 Å². The van der Waals surface area contributed by atoms with E-state index in [1.54, 1.807) is 28.4 Å². The molecular formula is C28H29NO5. The lowest BCUT2D eigenvalue weighted by atomic mass is 9.87. The van der Waals surface area contributed by atoms with Gasteiger partial charge in [-0.1, -0.05) is 42.5 Å². The van der Waals surface area contributed by atoms with Crippen LogP contribution in [0.25, 0.3) is 11.1 Å². The quantitative estimate of drug-likeness (QED) is 0.455. The minimum atomic E-state index is -0.0426. The summed E-state index contributed by atoms with van der Waals surface area (Å²) in [5.74, 6) is 2.32. The molecular weight excluding hydrogens is 430 g/mol. The summed E-state index contributed by atoms with van der Waals surface area (Å²) in [5, 5.41) is 0. The molecule has 0 spiro atoms. The van der Waals surface area contributed by atoms with Gasteiger partial charge in [0.15, 0.2) is 11.5 Å². The van der Waals surface area contributed by atoms with Crippen molar-refractivity contribution >= 4 is 17.1 Å². The summed E-state index contributed by atoms with van der Waals surface area (Å²) in [4.78, 5) is 15.8. The van der Waals surface area contributed by atoms with Crippen LogP contribution < -0.4 is 18.9 Å². The third kappa shape index (κ3) is 4.19. The van der Waals surface area contributed by atoms with Crippen LogP contribution in [0, 0.1) is 0 Å². The first-order chi connectivity index (χ1) is 16.5. The Morgan fingerprint density at radius 1 is 0.853 bits per heavy atom. The number of amides is 1. The van der Waals surface area contributed by atoms with Crippen molar-refractivity contribution in [3.05, 3.63) is 82.9 Å². The van der Waals surface area contributed by atoms with E-state index >= 15 is 0 Å². The number of carbonyl (C=O) groups is 1. The van der Waals surface area contributed by atoms with Gasteiger partial charge in [0.1, 0.15) is 5.75 Å². The van der Waals surface area contributed by atoms with Crippen LogP contribution in [0.4, 0.5) is 0 Å². The van der Waals surface area contributed by atoms with E-state index in [-0.39, 0.29) is 5.91 Å². The van der Waals surface area contributed by atoms with Gasteiger partial charge in [-0.05, 0) is 41.8 Å². The van der Waals surface area contributed by atoms with Crippen LogP contribution in [-0.2, 0) is 17.9 Å². The van der Waals surface area contributed by atoms with Gasteiger partial charge < -0.3 is 23.8 Å². The van der Waals surface area contributed by atoms with Crippen LogP contribution in [0.15, 0.2) is 60.7 Å². The van der Waals surface area contributed by atoms with E-state index < -0.39 is 0 Å². The smallest absolute Gasteiger partial charge is 0.255 e. The van der Waals surface area contributed by atoms with E-state index in [9.17, 15) is 4.79 Å². The summed E-state index contributed by atoms with van der Waals surface area (Å²) in [5.41, 5.74) is 5.14. The molecule has 0 saturated carbocycles. The highest BCUT2D eigenvalue weighted by Crippen LogP contribution is 2.48. The average molecular weight is 460 g/mol. The maximum absolute atomic E-state index is 13.9. The molecule has 4 rings (SSSR count). The lowest BCUT2D eigenvalue weighted by Crippen LogP contribution is -2.35. The predicted molar refractivity (Wildman–Crippen MR) is 132 cm³/mol. The molecule has 1 amide bonds. The predicted octanol–water partition coefficient (Wildman–Crippen LogP) is 5.19. The van der Waals surface area contributed by atoms with Crippen LogP contribution in [0.3, 0.4) is 0 Å². The lowest BCUT2D eigenvalue weighted by molar-refractivity contribution is -0.126. The summed E-state index contributed by atoms with van der Waals surface area (Å²) in [6.07, 6.45) is 0. The molecule has 34 heavy (non-hydrogen) atoms. The first-order valence-corrected chi connectivity index (χ1v) is 11.0. The number of fused-ring (bicyclic) bond motifs is 1. The van der Waals surface area contributed by atoms with E-state index in [0.717, 1.165) is 33.6 Å². The molecule has 176 valence electrons. The fraction of sp³-hybridized carbons (Fsp3) is 0.250. The number of allylic oxidation sites excluding steroid dienone is 1. The zero-order chi connectivity index (χ0) is 24.2. The molecule has 0 aromatic heterocycles. The van der Waals surface area contributed by atoms with Crippen molar-refractivity contribution in [1.82, 2.24) is 4.90 Å². The Hall–Kier alpha value is -3.93. The Morgan fingerprint density at radius 2 is 1.53 bits per heavy atom. The molecule has 6 heteroatoms. The van der Waals surface area contributed by atoms with Gasteiger partial charge in [0.05, 0.1) is 40.6 Å². The van der Waals surface area contributed by atoms with Gasteiger partial charge in [-0.25, -0.2) is 0 Å². The third-order valence-corrected chi connectivity index (χ3v) is 6.17. The molecule has 0 aliphatic carbocycles. The second-order valence-corrected chi connectivity index (χ2v) is 8.05. The maximum atomic E-state index is 13.9. The number of hydrogen-bond donors (Lipinski definition) is 0. The second kappa shape index (κ2) is 9.91. The fourth-order valence-corrected chi connectivity index (χ4v) is 4.41. The number of methoxy groups -OCH3 is 4. The molecule has 1 aliphatic heterocycles. The van der Waals surface area contributed by atoms with Gasteiger partial charge in [-0.2, -0.15) is 0 Å². The summed E-state index contributed by atoms with van der Waals surface area (Å²) in [6, 6.07) is 19.5. The van der Waals surface area contributed by atoms with Crippen molar-refractivity contribution in [3.63, 3.8) is 0 Å². The molecule has 0 bridgehead atoms. The van der Waals surface area contributed by atoms with Crippen LogP contribution in [0.5, 0.6) is 23.0 Å². The summed E-state index contributed by atoms with van der Waals surface area (Å²) >= 11 is 0. The highest BCUT2D eigenvalue weighted by Gasteiger charge is 2.34. The highest BCUT2D eigenvalue weighted by atomic mass is 16.5. The number of nitrogens with zero attached hydrogens (tertiary/aromatic N) is 1. The third-order valence-electron chi connectivity index (χ3n) is 6.17. The van der Waals surface area contributed by atoms with E-state index in [2.05, 4.69) is 0 Å². The highest BCUT2D eigenvalue weighted by molar-refractivity contribution is 6.28. The maximum Gasteiger partial charge on any atom is 0.255 e. The van der Waals surface area contributed by atoms with Crippen LogP contribution in [0.2, 0.25) is 0 Å². The number of rotatable bonds is 7. The Balaban J connectivity index is 1.94. The van der Waals surface area contributed by atoms with Crippen LogP contribution >= 0.6 is 0 Å². The largest absolute Gasteiger partial charge is 0.497 e. The van der Waals surface area contributed by atoms with E-state index in [1.165, 1.54) is 0 Å². The Bertz CT molecular complexity index is 1220. The number of ether oxygens (including phenoxy) is 4. The van der Waals surface area contributed by atoms with Crippen molar-refractivity contribution in [2.75, 3.05) is 28.4 Å². The Kier molecular flexibility index (Phi) is 6.77. The van der Waals surface area contributed by atoms with Crippen LogP contribution in [0.1, 0.15) is 29.2 Å². The van der Waals surface area contributed by atoms with Gasteiger partial charge in [0, 0.05) is 17.7 Å².